The van der Waals surface area contributed by atoms with Crippen molar-refractivity contribution in [1.29, 1.82) is 0 Å². The highest BCUT2D eigenvalue weighted by molar-refractivity contribution is 7.95. The number of carbonyl (C=O) groups is 2. The molecule has 104 valence electrons. The first-order valence-corrected chi connectivity index (χ1v) is 6.82. The molecule has 0 aromatic heterocycles. The van der Waals surface area contributed by atoms with E-state index in [0.29, 0.717) is 6.21 Å². The Morgan fingerprint density at radius 3 is 2.35 bits per heavy atom. The summed E-state index contributed by atoms with van der Waals surface area (Å²) in [7, 11) is -4.32. The minimum atomic E-state index is -4.32. The van der Waals surface area contributed by atoms with Crippen molar-refractivity contribution in [3.63, 3.8) is 0 Å². The SMILES string of the molecule is Cc1ccc(OC(=O)C2=C(C(=O)O)C=NS2(=O)=O)cc1. The topological polar surface area (TPSA) is 110 Å². The van der Waals surface area contributed by atoms with Gasteiger partial charge in [-0.1, -0.05) is 17.7 Å². The lowest BCUT2D eigenvalue weighted by Crippen LogP contribution is -2.19. The molecule has 0 bridgehead atoms. The average molecular weight is 295 g/mol. The summed E-state index contributed by atoms with van der Waals surface area (Å²) >= 11 is 0. The van der Waals surface area contributed by atoms with Gasteiger partial charge in [-0.3, -0.25) is 0 Å². The number of carbonyl (C=O) groups excluding carboxylic acids is 1. The van der Waals surface area contributed by atoms with Crippen molar-refractivity contribution in [1.82, 2.24) is 0 Å². The second-order valence-electron chi connectivity index (χ2n) is 3.96. The number of carboxylic acids is 1. The second-order valence-corrected chi connectivity index (χ2v) is 5.53. The summed E-state index contributed by atoms with van der Waals surface area (Å²) in [6.07, 6.45) is 0.614. The molecular weight excluding hydrogens is 286 g/mol. The molecule has 2 rings (SSSR count). The molecule has 0 spiro atoms. The van der Waals surface area contributed by atoms with Gasteiger partial charge in [-0.2, -0.15) is 12.8 Å². The Balaban J connectivity index is 2.35. The minimum Gasteiger partial charge on any atom is -0.478 e. The van der Waals surface area contributed by atoms with Crippen LogP contribution < -0.4 is 4.74 Å². The average Bonchev–Trinajstić information content (AvgIpc) is 2.68. The fourth-order valence-electron chi connectivity index (χ4n) is 1.50. The standard InChI is InChI=1S/C12H9NO6S/c1-7-2-4-8(5-3-7)19-12(16)10-9(11(14)15)6-13-20(10,17)18/h2-6H,1H3,(H,14,15). The third-order valence-electron chi connectivity index (χ3n) is 2.47. The van der Waals surface area contributed by atoms with Crippen molar-refractivity contribution in [2.75, 3.05) is 0 Å². The molecule has 0 radical (unpaired) electrons. The highest BCUT2D eigenvalue weighted by Gasteiger charge is 2.36. The fourth-order valence-corrected chi connectivity index (χ4v) is 2.52. The van der Waals surface area contributed by atoms with Crippen LogP contribution >= 0.6 is 0 Å². The van der Waals surface area contributed by atoms with Gasteiger partial charge in [0.2, 0.25) is 0 Å². The maximum atomic E-state index is 11.8. The summed E-state index contributed by atoms with van der Waals surface area (Å²) in [5, 5.41) is 8.85. The summed E-state index contributed by atoms with van der Waals surface area (Å²) in [4.78, 5) is 21.7. The van der Waals surface area contributed by atoms with Crippen molar-refractivity contribution in [2.24, 2.45) is 4.40 Å². The van der Waals surface area contributed by atoms with E-state index in [-0.39, 0.29) is 5.75 Å². The first-order valence-electron chi connectivity index (χ1n) is 5.38. The van der Waals surface area contributed by atoms with E-state index in [1.807, 2.05) is 6.92 Å². The monoisotopic (exact) mass is 295 g/mol. The van der Waals surface area contributed by atoms with E-state index in [1.165, 1.54) is 12.1 Å². The van der Waals surface area contributed by atoms with E-state index in [0.717, 1.165) is 5.56 Å². The van der Waals surface area contributed by atoms with Crippen molar-refractivity contribution in [3.8, 4) is 5.75 Å². The van der Waals surface area contributed by atoms with Gasteiger partial charge < -0.3 is 9.84 Å². The van der Waals surface area contributed by atoms with E-state index in [9.17, 15) is 18.0 Å². The molecule has 0 amide bonds. The van der Waals surface area contributed by atoms with Crippen molar-refractivity contribution >= 4 is 28.2 Å². The fraction of sp³-hybridized carbons (Fsp3) is 0.0833. The number of hydrogen-bond donors (Lipinski definition) is 1. The van der Waals surface area contributed by atoms with Gasteiger partial charge >= 0.3 is 11.9 Å². The van der Waals surface area contributed by atoms with Gasteiger partial charge in [0.05, 0.1) is 6.21 Å². The van der Waals surface area contributed by atoms with Gasteiger partial charge in [0.25, 0.3) is 10.0 Å². The molecule has 7 nitrogen and oxygen atoms in total. The van der Waals surface area contributed by atoms with Gasteiger partial charge in [0.1, 0.15) is 11.3 Å². The maximum absolute atomic E-state index is 11.8. The van der Waals surface area contributed by atoms with Crippen LogP contribution in [0, 0.1) is 6.92 Å². The molecule has 0 unspecified atom stereocenters. The van der Waals surface area contributed by atoms with Gasteiger partial charge in [0.15, 0.2) is 4.91 Å². The van der Waals surface area contributed by atoms with Crippen LogP contribution in [0.25, 0.3) is 0 Å². The van der Waals surface area contributed by atoms with Gasteiger partial charge in [0, 0.05) is 0 Å². The number of nitrogens with zero attached hydrogens (tertiary/aromatic N) is 1. The van der Waals surface area contributed by atoms with Crippen LogP contribution in [0.3, 0.4) is 0 Å². The highest BCUT2D eigenvalue weighted by Crippen LogP contribution is 2.23. The number of sulfonamides is 1. The zero-order chi connectivity index (χ0) is 14.9. The molecular formula is C12H9NO6S. The molecule has 1 aliphatic rings. The number of esters is 1. The second kappa shape index (κ2) is 4.89. The molecule has 0 aliphatic carbocycles. The number of hydrogen-bond acceptors (Lipinski definition) is 5. The molecule has 1 aromatic carbocycles. The Bertz CT molecular complexity index is 743. The van der Waals surface area contributed by atoms with Crippen LogP contribution in [0.5, 0.6) is 5.75 Å². The Morgan fingerprint density at radius 2 is 1.80 bits per heavy atom. The molecule has 0 fully saturated rings. The van der Waals surface area contributed by atoms with Crippen LogP contribution in [0.4, 0.5) is 0 Å². The van der Waals surface area contributed by atoms with Gasteiger partial charge in [-0.05, 0) is 19.1 Å². The normalized spacial score (nSPS) is 16.2. The van der Waals surface area contributed by atoms with Crippen LogP contribution in [-0.2, 0) is 19.6 Å². The quantitative estimate of drug-likeness (QED) is 0.647. The van der Waals surface area contributed by atoms with Gasteiger partial charge in [-0.15, -0.1) is 0 Å². The first-order chi connectivity index (χ1) is 9.31. The molecule has 20 heavy (non-hydrogen) atoms. The van der Waals surface area contributed by atoms with Crippen LogP contribution in [0.1, 0.15) is 5.56 Å². The molecule has 0 atom stereocenters. The predicted octanol–water partition coefficient (Wildman–Crippen LogP) is 0.653. The van der Waals surface area contributed by atoms with Gasteiger partial charge in [-0.25, -0.2) is 9.59 Å². The number of aliphatic carboxylic acids is 1. The number of aryl methyl sites for hydroxylation is 1. The molecule has 0 saturated carbocycles. The zero-order valence-electron chi connectivity index (χ0n) is 10.2. The summed E-state index contributed by atoms with van der Waals surface area (Å²) in [5.41, 5.74) is 0.217. The summed E-state index contributed by atoms with van der Waals surface area (Å²) in [6, 6.07) is 6.26. The summed E-state index contributed by atoms with van der Waals surface area (Å²) < 4.78 is 31.0. The smallest absolute Gasteiger partial charge is 0.358 e. The number of ether oxygens (including phenoxy) is 1. The Labute approximate surface area is 114 Å². The maximum Gasteiger partial charge on any atom is 0.358 e. The highest BCUT2D eigenvalue weighted by atomic mass is 32.2. The predicted molar refractivity (Wildman–Crippen MR) is 68.9 cm³/mol. The molecule has 1 N–H and O–H groups in total. The Hall–Kier alpha value is -2.48. The molecule has 1 aliphatic heterocycles. The third-order valence-corrected chi connectivity index (χ3v) is 3.76. The van der Waals surface area contributed by atoms with Crippen LogP contribution in [0.15, 0.2) is 39.1 Å². The Morgan fingerprint density at radius 1 is 1.20 bits per heavy atom. The Kier molecular flexibility index (Phi) is 3.41. The van der Waals surface area contributed by atoms with E-state index in [2.05, 4.69) is 4.40 Å². The lowest BCUT2D eigenvalue weighted by Gasteiger charge is -2.05. The zero-order valence-corrected chi connectivity index (χ0v) is 11.0. The number of carboxylic acid groups (broad SMARTS) is 1. The van der Waals surface area contributed by atoms with Crippen molar-refractivity contribution in [2.45, 2.75) is 6.92 Å². The lowest BCUT2D eigenvalue weighted by atomic mass is 10.2. The van der Waals surface area contributed by atoms with E-state index in [4.69, 9.17) is 9.84 Å². The molecule has 0 saturated heterocycles. The third kappa shape index (κ3) is 2.59. The minimum absolute atomic E-state index is 0.111. The van der Waals surface area contributed by atoms with E-state index in [1.54, 1.807) is 12.1 Å². The molecule has 1 aromatic rings. The summed E-state index contributed by atoms with van der Waals surface area (Å²) in [6.45, 7) is 1.83. The van der Waals surface area contributed by atoms with Crippen molar-refractivity contribution < 1.29 is 27.9 Å². The first kappa shape index (κ1) is 13.9. The molecule has 8 heteroatoms. The molecule has 1 heterocycles. The van der Waals surface area contributed by atoms with E-state index >= 15 is 0 Å². The van der Waals surface area contributed by atoms with Crippen molar-refractivity contribution in [3.05, 3.63) is 40.3 Å². The number of benzene rings is 1. The lowest BCUT2D eigenvalue weighted by molar-refractivity contribution is -0.133. The summed E-state index contributed by atoms with van der Waals surface area (Å²) in [5.74, 6) is -2.73. The van der Waals surface area contributed by atoms with Crippen LogP contribution in [0.2, 0.25) is 0 Å². The largest absolute Gasteiger partial charge is 0.478 e. The number of rotatable bonds is 3. The van der Waals surface area contributed by atoms with E-state index < -0.39 is 32.4 Å². The van der Waals surface area contributed by atoms with Crippen LogP contribution in [-0.4, -0.2) is 31.7 Å².